The Morgan fingerprint density at radius 2 is 2.00 bits per heavy atom. The third kappa shape index (κ3) is 5.54. The number of hydrogen-bond donors (Lipinski definition) is 3. The molecule has 174 valence electrons. The number of rotatable bonds is 9. The number of carbonyl (C=O) groups excluding carboxylic acids is 1. The number of phenols is 2. The van der Waals surface area contributed by atoms with E-state index in [-0.39, 0.29) is 28.6 Å². The largest absolute Gasteiger partial charge is 0.508 e. The van der Waals surface area contributed by atoms with Gasteiger partial charge < -0.3 is 25.2 Å². The van der Waals surface area contributed by atoms with Gasteiger partial charge in [-0.1, -0.05) is 31.7 Å². The molecular formula is C26H36N2O4. The quantitative estimate of drug-likeness (QED) is 0.152. The van der Waals surface area contributed by atoms with Crippen molar-refractivity contribution >= 4 is 17.3 Å². The SMILES string of the molecule is C=C1Nc2c(O)cc(O)cc2N(CCC(C)CC/C=C(\C)CCC2OC2(C)C)C(=O)C1=C. The molecule has 3 N–H and O–H groups in total. The van der Waals surface area contributed by atoms with Crippen LogP contribution < -0.4 is 10.2 Å². The van der Waals surface area contributed by atoms with E-state index in [1.807, 2.05) is 0 Å². The van der Waals surface area contributed by atoms with Crippen LogP contribution in [-0.4, -0.2) is 34.4 Å². The first-order chi connectivity index (χ1) is 15.0. The minimum absolute atomic E-state index is 0.0545. The molecule has 0 bridgehead atoms. The van der Waals surface area contributed by atoms with Crippen LogP contribution >= 0.6 is 0 Å². The van der Waals surface area contributed by atoms with Crippen molar-refractivity contribution in [2.75, 3.05) is 16.8 Å². The Morgan fingerprint density at radius 3 is 2.66 bits per heavy atom. The molecule has 2 heterocycles. The van der Waals surface area contributed by atoms with Gasteiger partial charge in [0.25, 0.3) is 5.91 Å². The first-order valence-electron chi connectivity index (χ1n) is 11.4. The molecular weight excluding hydrogens is 404 g/mol. The number of allylic oxidation sites excluding steroid dienone is 2. The highest BCUT2D eigenvalue weighted by Crippen LogP contribution is 2.42. The van der Waals surface area contributed by atoms with Gasteiger partial charge in [-0.2, -0.15) is 0 Å². The predicted molar refractivity (Wildman–Crippen MR) is 129 cm³/mol. The number of carbonyl (C=O) groups is 1. The van der Waals surface area contributed by atoms with Crippen LogP contribution in [0.1, 0.15) is 59.8 Å². The van der Waals surface area contributed by atoms with Crippen molar-refractivity contribution in [3.05, 3.63) is 48.2 Å². The number of ether oxygens (including phenoxy) is 1. The Bertz CT molecular complexity index is 947. The van der Waals surface area contributed by atoms with Gasteiger partial charge >= 0.3 is 0 Å². The lowest BCUT2D eigenvalue weighted by atomic mass is 9.98. The summed E-state index contributed by atoms with van der Waals surface area (Å²) in [6.07, 6.45) is 7.65. The Labute approximate surface area is 191 Å². The summed E-state index contributed by atoms with van der Waals surface area (Å²) in [5.74, 6) is -0.117. The molecule has 0 radical (unpaired) electrons. The van der Waals surface area contributed by atoms with Crippen LogP contribution in [0.4, 0.5) is 11.4 Å². The van der Waals surface area contributed by atoms with E-state index in [1.54, 1.807) is 4.90 Å². The summed E-state index contributed by atoms with van der Waals surface area (Å²) in [6.45, 7) is 16.8. The standard InChI is InChI=1S/C26H36N2O4/c1-16(10-11-23-26(5,6)32-23)8-7-9-17(2)12-13-28-21-14-20(29)15-22(30)24(21)27-19(4)18(3)25(28)31/h8,14-15,17,23,27,29-30H,3-4,7,9-13H2,1-2,5-6H3/b16-8+. The molecule has 2 aliphatic heterocycles. The van der Waals surface area contributed by atoms with Crippen molar-refractivity contribution < 1.29 is 19.7 Å². The number of nitrogens with zero attached hydrogens (tertiary/aromatic N) is 1. The van der Waals surface area contributed by atoms with E-state index in [0.717, 1.165) is 32.1 Å². The van der Waals surface area contributed by atoms with E-state index in [0.29, 0.717) is 35.6 Å². The number of nitrogens with one attached hydrogen (secondary N) is 1. The Morgan fingerprint density at radius 1 is 1.31 bits per heavy atom. The van der Waals surface area contributed by atoms with Crippen molar-refractivity contribution in [2.45, 2.75) is 71.5 Å². The lowest BCUT2D eigenvalue weighted by Gasteiger charge is -2.24. The van der Waals surface area contributed by atoms with E-state index in [2.05, 4.69) is 52.2 Å². The number of hydrogen-bond acceptors (Lipinski definition) is 5. The van der Waals surface area contributed by atoms with Crippen molar-refractivity contribution in [2.24, 2.45) is 5.92 Å². The maximum atomic E-state index is 13.0. The summed E-state index contributed by atoms with van der Waals surface area (Å²) in [5, 5.41) is 23.2. The van der Waals surface area contributed by atoms with Crippen LogP contribution in [0.5, 0.6) is 11.5 Å². The molecule has 0 aromatic heterocycles. The van der Waals surface area contributed by atoms with Crippen LogP contribution in [-0.2, 0) is 9.53 Å². The maximum Gasteiger partial charge on any atom is 0.259 e. The van der Waals surface area contributed by atoms with Crippen molar-refractivity contribution in [1.82, 2.24) is 0 Å². The highest BCUT2D eigenvalue weighted by molar-refractivity contribution is 6.12. The number of fused-ring (bicyclic) bond motifs is 1. The van der Waals surface area contributed by atoms with E-state index >= 15 is 0 Å². The number of epoxide rings is 1. The minimum Gasteiger partial charge on any atom is -0.508 e. The summed E-state index contributed by atoms with van der Waals surface area (Å²) < 4.78 is 5.65. The molecule has 1 aromatic carbocycles. The van der Waals surface area contributed by atoms with Gasteiger partial charge in [-0.25, -0.2) is 0 Å². The predicted octanol–water partition coefficient (Wildman–Crippen LogP) is 5.64. The lowest BCUT2D eigenvalue weighted by molar-refractivity contribution is -0.114. The van der Waals surface area contributed by atoms with Gasteiger partial charge in [0.1, 0.15) is 17.2 Å². The lowest BCUT2D eigenvalue weighted by Crippen LogP contribution is -2.33. The fourth-order valence-electron chi connectivity index (χ4n) is 4.10. The number of anilines is 2. The Kier molecular flexibility index (Phi) is 7.03. The number of benzene rings is 1. The molecule has 3 rings (SSSR count). The molecule has 1 saturated heterocycles. The van der Waals surface area contributed by atoms with Crippen LogP contribution in [0, 0.1) is 5.92 Å². The van der Waals surface area contributed by atoms with E-state index < -0.39 is 0 Å². The van der Waals surface area contributed by atoms with Gasteiger partial charge in [0, 0.05) is 24.4 Å². The van der Waals surface area contributed by atoms with E-state index in [1.165, 1.54) is 17.7 Å². The zero-order valence-corrected chi connectivity index (χ0v) is 19.7. The normalized spacial score (nSPS) is 21.1. The van der Waals surface area contributed by atoms with Crippen molar-refractivity contribution in [1.29, 1.82) is 0 Å². The topological polar surface area (TPSA) is 85.3 Å². The zero-order valence-electron chi connectivity index (χ0n) is 19.7. The van der Waals surface area contributed by atoms with Gasteiger partial charge in [-0.15, -0.1) is 0 Å². The van der Waals surface area contributed by atoms with Gasteiger partial charge in [0.05, 0.1) is 23.0 Å². The number of phenolic OH excluding ortho intramolecular Hbond substituents is 2. The second kappa shape index (κ2) is 9.41. The van der Waals surface area contributed by atoms with Crippen molar-refractivity contribution in [3.63, 3.8) is 0 Å². The summed E-state index contributed by atoms with van der Waals surface area (Å²) in [7, 11) is 0. The molecule has 6 heteroatoms. The highest BCUT2D eigenvalue weighted by atomic mass is 16.6. The van der Waals surface area contributed by atoms with Crippen LogP contribution in [0.25, 0.3) is 0 Å². The average molecular weight is 441 g/mol. The van der Waals surface area contributed by atoms with E-state index in [9.17, 15) is 15.0 Å². The molecule has 0 aliphatic carbocycles. The van der Waals surface area contributed by atoms with Gasteiger partial charge in [-0.05, 0) is 58.8 Å². The summed E-state index contributed by atoms with van der Waals surface area (Å²) in [4.78, 5) is 14.5. The minimum atomic E-state index is -0.278. The zero-order chi connectivity index (χ0) is 23.6. The monoisotopic (exact) mass is 440 g/mol. The molecule has 1 amide bonds. The fraction of sp³-hybridized carbons (Fsp3) is 0.500. The van der Waals surface area contributed by atoms with Crippen LogP contribution in [0.2, 0.25) is 0 Å². The Hall–Kier alpha value is -2.73. The Balaban J connectivity index is 1.57. The average Bonchev–Trinajstić information content (AvgIpc) is 3.35. The first kappa shape index (κ1) is 23.9. The summed E-state index contributed by atoms with van der Waals surface area (Å²) >= 11 is 0. The second-order valence-corrected chi connectivity index (χ2v) is 9.67. The third-order valence-corrected chi connectivity index (χ3v) is 6.48. The van der Waals surface area contributed by atoms with Gasteiger partial charge in [-0.3, -0.25) is 4.79 Å². The smallest absolute Gasteiger partial charge is 0.259 e. The number of amides is 1. The van der Waals surface area contributed by atoms with E-state index in [4.69, 9.17) is 4.74 Å². The molecule has 0 saturated carbocycles. The van der Waals surface area contributed by atoms with Gasteiger partial charge in [0.15, 0.2) is 0 Å². The molecule has 32 heavy (non-hydrogen) atoms. The highest BCUT2D eigenvalue weighted by Gasteiger charge is 2.46. The number of aromatic hydroxyl groups is 2. The summed E-state index contributed by atoms with van der Waals surface area (Å²) in [5.41, 5.74) is 2.82. The van der Waals surface area contributed by atoms with Crippen molar-refractivity contribution in [3.8, 4) is 11.5 Å². The van der Waals surface area contributed by atoms with Gasteiger partial charge in [0.2, 0.25) is 0 Å². The van der Waals surface area contributed by atoms with Crippen LogP contribution in [0.15, 0.2) is 48.2 Å². The molecule has 2 unspecified atom stereocenters. The van der Waals surface area contributed by atoms with Crippen LogP contribution in [0.3, 0.4) is 0 Å². The maximum absolute atomic E-state index is 13.0. The molecule has 2 atom stereocenters. The first-order valence-corrected chi connectivity index (χ1v) is 11.4. The molecule has 1 fully saturated rings. The molecule has 2 aliphatic rings. The second-order valence-electron chi connectivity index (χ2n) is 9.67. The molecule has 0 spiro atoms. The molecule has 6 nitrogen and oxygen atoms in total. The summed E-state index contributed by atoms with van der Waals surface area (Å²) in [6, 6.07) is 2.72. The third-order valence-electron chi connectivity index (χ3n) is 6.48. The molecule has 1 aromatic rings. The fourth-order valence-corrected chi connectivity index (χ4v) is 4.10.